The Balaban J connectivity index is 2.38. The van der Waals surface area contributed by atoms with Crippen molar-refractivity contribution in [3.63, 3.8) is 0 Å². The van der Waals surface area contributed by atoms with E-state index >= 15 is 0 Å². The van der Waals surface area contributed by atoms with E-state index in [1.807, 2.05) is 17.1 Å². The summed E-state index contributed by atoms with van der Waals surface area (Å²) in [5.74, 6) is 0.685. The maximum absolute atomic E-state index is 5.64. The smallest absolute Gasteiger partial charge is 0.122 e. The molecule has 0 amide bonds. The lowest BCUT2D eigenvalue weighted by atomic mass is 10.3. The molecule has 2 rings (SSSR count). The maximum atomic E-state index is 5.64. The molecule has 0 aliphatic carbocycles. The molecule has 0 aromatic heterocycles. The Morgan fingerprint density at radius 3 is 2.27 bits per heavy atom. The molecule has 15 heavy (non-hydrogen) atoms. The number of nitrogens with two attached hydrogens (primary N) is 1. The minimum atomic E-state index is 0.685. The SMILES string of the molecule is NC1=NN(c2cc(Br)c(Br)c(Br)c2)CC1. The van der Waals surface area contributed by atoms with Crippen molar-refractivity contribution in [3.05, 3.63) is 25.6 Å². The molecule has 3 nitrogen and oxygen atoms in total. The highest BCUT2D eigenvalue weighted by Gasteiger charge is 2.15. The molecule has 0 saturated carbocycles. The number of amidine groups is 1. The molecule has 1 heterocycles. The van der Waals surface area contributed by atoms with Crippen LogP contribution in [-0.4, -0.2) is 12.4 Å². The normalized spacial score (nSPS) is 15.7. The van der Waals surface area contributed by atoms with Crippen LogP contribution in [-0.2, 0) is 0 Å². The third kappa shape index (κ3) is 2.37. The predicted molar refractivity (Wildman–Crippen MR) is 73.1 cm³/mol. The van der Waals surface area contributed by atoms with E-state index in [1.54, 1.807) is 0 Å². The van der Waals surface area contributed by atoms with E-state index in [1.165, 1.54) is 0 Å². The van der Waals surface area contributed by atoms with Gasteiger partial charge >= 0.3 is 0 Å². The molecule has 1 aromatic carbocycles. The van der Waals surface area contributed by atoms with E-state index in [4.69, 9.17) is 5.73 Å². The Kier molecular flexibility index (Phi) is 3.37. The van der Waals surface area contributed by atoms with Gasteiger partial charge in [-0.2, -0.15) is 5.10 Å². The van der Waals surface area contributed by atoms with Crippen molar-refractivity contribution in [2.24, 2.45) is 10.8 Å². The number of hydrazone groups is 1. The standard InChI is InChI=1S/C9H8Br3N3/c10-6-3-5(4-7(11)9(6)12)15-2-1-8(13)14-15/h3-4H,1-2H2,(H2,13,14). The fourth-order valence-corrected chi connectivity index (χ4v) is 2.74. The molecule has 0 bridgehead atoms. The van der Waals surface area contributed by atoms with E-state index in [-0.39, 0.29) is 0 Å². The number of anilines is 1. The highest BCUT2D eigenvalue weighted by molar-refractivity contribution is 9.14. The van der Waals surface area contributed by atoms with E-state index in [0.717, 1.165) is 32.1 Å². The summed E-state index contributed by atoms with van der Waals surface area (Å²) in [4.78, 5) is 0. The molecule has 0 unspecified atom stereocenters. The summed E-state index contributed by atoms with van der Waals surface area (Å²) >= 11 is 10.4. The zero-order chi connectivity index (χ0) is 11.0. The van der Waals surface area contributed by atoms with Gasteiger partial charge in [0.05, 0.1) is 5.69 Å². The van der Waals surface area contributed by atoms with E-state index in [0.29, 0.717) is 5.84 Å². The zero-order valence-corrected chi connectivity index (χ0v) is 12.4. The number of benzene rings is 1. The van der Waals surface area contributed by atoms with Crippen LogP contribution in [0.4, 0.5) is 5.69 Å². The topological polar surface area (TPSA) is 41.6 Å². The van der Waals surface area contributed by atoms with Crippen molar-refractivity contribution in [3.8, 4) is 0 Å². The van der Waals surface area contributed by atoms with Crippen LogP contribution < -0.4 is 10.7 Å². The molecular weight excluding hydrogens is 390 g/mol. The van der Waals surface area contributed by atoms with E-state index in [9.17, 15) is 0 Å². The lowest BCUT2D eigenvalue weighted by Crippen LogP contribution is -2.11. The number of hydrogen-bond acceptors (Lipinski definition) is 3. The highest BCUT2D eigenvalue weighted by atomic mass is 79.9. The third-order valence-electron chi connectivity index (χ3n) is 2.10. The largest absolute Gasteiger partial charge is 0.386 e. The lowest BCUT2D eigenvalue weighted by Gasteiger charge is -2.15. The summed E-state index contributed by atoms with van der Waals surface area (Å²) in [7, 11) is 0. The van der Waals surface area contributed by atoms with Gasteiger partial charge in [-0.25, -0.2) is 0 Å². The van der Waals surface area contributed by atoms with Crippen molar-refractivity contribution in [2.75, 3.05) is 11.6 Å². The molecule has 80 valence electrons. The van der Waals surface area contributed by atoms with Gasteiger partial charge in [-0.1, -0.05) is 0 Å². The van der Waals surface area contributed by atoms with Gasteiger partial charge in [0.25, 0.3) is 0 Å². The van der Waals surface area contributed by atoms with Crippen LogP contribution in [0.5, 0.6) is 0 Å². The summed E-state index contributed by atoms with van der Waals surface area (Å²) in [6.45, 7) is 0.840. The van der Waals surface area contributed by atoms with Crippen LogP contribution in [0.3, 0.4) is 0 Å². The molecule has 6 heteroatoms. The fraction of sp³-hybridized carbons (Fsp3) is 0.222. The van der Waals surface area contributed by atoms with Gasteiger partial charge in [0.1, 0.15) is 5.84 Å². The molecule has 1 aliphatic heterocycles. The first-order valence-corrected chi connectivity index (χ1v) is 6.71. The molecule has 0 atom stereocenters. The van der Waals surface area contributed by atoms with Gasteiger partial charge in [-0.15, -0.1) is 0 Å². The first kappa shape index (κ1) is 11.4. The van der Waals surface area contributed by atoms with Crippen LogP contribution in [0.1, 0.15) is 6.42 Å². The first-order chi connectivity index (χ1) is 7.08. The van der Waals surface area contributed by atoms with Crippen LogP contribution >= 0.6 is 47.8 Å². The van der Waals surface area contributed by atoms with Crippen LogP contribution in [0.15, 0.2) is 30.7 Å². The Morgan fingerprint density at radius 2 is 1.80 bits per heavy atom. The summed E-state index contributed by atoms with van der Waals surface area (Å²) in [5.41, 5.74) is 6.67. The van der Waals surface area contributed by atoms with E-state index in [2.05, 4.69) is 52.9 Å². The number of nitrogens with zero attached hydrogens (tertiary/aromatic N) is 2. The molecule has 2 N–H and O–H groups in total. The van der Waals surface area contributed by atoms with Gasteiger partial charge in [-0.05, 0) is 59.9 Å². The summed E-state index contributed by atoms with van der Waals surface area (Å²) in [6.07, 6.45) is 0.825. The van der Waals surface area contributed by atoms with Gasteiger partial charge < -0.3 is 5.73 Å². The molecule has 0 saturated heterocycles. The maximum Gasteiger partial charge on any atom is 0.122 e. The quantitative estimate of drug-likeness (QED) is 0.737. The van der Waals surface area contributed by atoms with Crippen molar-refractivity contribution >= 4 is 59.3 Å². The minimum Gasteiger partial charge on any atom is -0.386 e. The zero-order valence-electron chi connectivity index (χ0n) is 7.67. The minimum absolute atomic E-state index is 0.685. The molecular formula is C9H8Br3N3. The second kappa shape index (κ2) is 4.43. The van der Waals surface area contributed by atoms with E-state index < -0.39 is 0 Å². The van der Waals surface area contributed by atoms with Gasteiger partial charge in [-0.3, -0.25) is 5.01 Å². The molecule has 0 fully saturated rings. The third-order valence-corrected chi connectivity index (χ3v) is 5.26. The van der Waals surface area contributed by atoms with Crippen molar-refractivity contribution in [1.82, 2.24) is 0 Å². The number of hydrogen-bond donors (Lipinski definition) is 1. The Bertz CT molecular complexity index is 408. The summed E-state index contributed by atoms with van der Waals surface area (Å²) in [6, 6.07) is 4.02. The highest BCUT2D eigenvalue weighted by Crippen LogP contribution is 2.35. The van der Waals surface area contributed by atoms with Crippen LogP contribution in [0, 0.1) is 0 Å². The van der Waals surface area contributed by atoms with Gasteiger partial charge in [0.2, 0.25) is 0 Å². The lowest BCUT2D eigenvalue weighted by molar-refractivity contribution is 0.920. The molecule has 0 radical (unpaired) electrons. The van der Waals surface area contributed by atoms with Crippen LogP contribution in [0.2, 0.25) is 0 Å². The predicted octanol–water partition coefficient (Wildman–Crippen LogP) is 3.46. The Labute approximate surface area is 113 Å². The van der Waals surface area contributed by atoms with Gasteiger partial charge in [0.15, 0.2) is 0 Å². The average Bonchev–Trinajstić information content (AvgIpc) is 2.60. The molecule has 1 aromatic rings. The fourth-order valence-electron chi connectivity index (χ4n) is 1.35. The van der Waals surface area contributed by atoms with Crippen molar-refractivity contribution < 1.29 is 0 Å². The van der Waals surface area contributed by atoms with Crippen molar-refractivity contribution in [2.45, 2.75) is 6.42 Å². The van der Waals surface area contributed by atoms with Crippen LogP contribution in [0.25, 0.3) is 0 Å². The number of halogens is 3. The Morgan fingerprint density at radius 1 is 1.20 bits per heavy atom. The molecule has 0 spiro atoms. The average molecular weight is 398 g/mol. The van der Waals surface area contributed by atoms with Gasteiger partial charge in [0, 0.05) is 26.4 Å². The number of rotatable bonds is 1. The first-order valence-electron chi connectivity index (χ1n) is 4.33. The second-order valence-corrected chi connectivity index (χ2v) is 5.69. The Hall–Kier alpha value is -0.0700. The monoisotopic (exact) mass is 395 g/mol. The molecule has 1 aliphatic rings. The summed E-state index contributed by atoms with van der Waals surface area (Å²) < 4.78 is 2.99. The van der Waals surface area contributed by atoms with Crippen molar-refractivity contribution in [1.29, 1.82) is 0 Å². The second-order valence-electron chi connectivity index (χ2n) is 3.19. The summed E-state index contributed by atoms with van der Waals surface area (Å²) in [5, 5.41) is 6.14.